The van der Waals surface area contributed by atoms with Crippen molar-refractivity contribution >= 4 is 45.1 Å². The average Bonchev–Trinajstić information content (AvgIpc) is 3.13. The second kappa shape index (κ2) is 5.48. The zero-order chi connectivity index (χ0) is 16.7. The number of rotatable bonds is 1. The van der Waals surface area contributed by atoms with Crippen LogP contribution in [0.15, 0.2) is 29.6 Å². The molecule has 2 saturated heterocycles. The van der Waals surface area contributed by atoms with Gasteiger partial charge in [0, 0.05) is 6.54 Å². The lowest BCUT2D eigenvalue weighted by molar-refractivity contribution is -0.125. The van der Waals surface area contributed by atoms with Crippen LogP contribution in [-0.4, -0.2) is 41.5 Å². The Morgan fingerprint density at radius 1 is 1.29 bits per heavy atom. The van der Waals surface area contributed by atoms with Crippen molar-refractivity contribution in [1.29, 1.82) is 0 Å². The molecular weight excluding hydrogens is 328 g/mol. The molecule has 5 amide bonds. The highest BCUT2D eigenvalue weighted by Gasteiger charge is 2.49. The first-order valence-electron chi connectivity index (χ1n) is 7.73. The van der Waals surface area contributed by atoms with E-state index in [4.69, 9.17) is 0 Å². The molecule has 2 aliphatic rings. The van der Waals surface area contributed by atoms with E-state index in [2.05, 4.69) is 16.0 Å². The Kier molecular flexibility index (Phi) is 3.42. The third-order valence-electron chi connectivity index (χ3n) is 4.51. The molecule has 2 fully saturated rings. The number of carbonyl (C=O) groups excluding carboxylic acids is 3. The number of urea groups is 2. The average molecular weight is 344 g/mol. The fourth-order valence-electron chi connectivity index (χ4n) is 3.33. The van der Waals surface area contributed by atoms with Crippen LogP contribution in [0.25, 0.3) is 10.1 Å². The summed E-state index contributed by atoms with van der Waals surface area (Å²) >= 11 is 1.57. The summed E-state index contributed by atoms with van der Waals surface area (Å²) in [4.78, 5) is 37.7. The molecule has 3 N–H and O–H groups in total. The fraction of sp³-hybridized carbons (Fsp3) is 0.312. The molecule has 8 heteroatoms. The van der Waals surface area contributed by atoms with E-state index in [1.807, 2.05) is 29.6 Å². The van der Waals surface area contributed by atoms with Gasteiger partial charge in [-0.2, -0.15) is 0 Å². The molecule has 1 unspecified atom stereocenters. The number of hydrogen-bond donors (Lipinski definition) is 3. The van der Waals surface area contributed by atoms with Crippen LogP contribution in [0.4, 0.5) is 15.3 Å². The van der Waals surface area contributed by atoms with Crippen molar-refractivity contribution in [2.45, 2.75) is 18.4 Å². The van der Waals surface area contributed by atoms with E-state index in [0.717, 1.165) is 15.8 Å². The van der Waals surface area contributed by atoms with Gasteiger partial charge in [0.25, 0.3) is 5.91 Å². The molecule has 3 heterocycles. The maximum Gasteiger partial charge on any atom is 0.322 e. The predicted octanol–water partition coefficient (Wildman–Crippen LogP) is 2.11. The molecule has 1 aromatic heterocycles. The van der Waals surface area contributed by atoms with E-state index >= 15 is 0 Å². The van der Waals surface area contributed by atoms with Crippen molar-refractivity contribution in [3.05, 3.63) is 29.6 Å². The summed E-state index contributed by atoms with van der Waals surface area (Å²) in [5.74, 6) is -0.356. The molecule has 7 nitrogen and oxygen atoms in total. The molecule has 1 aromatic carbocycles. The van der Waals surface area contributed by atoms with Gasteiger partial charge in [0.15, 0.2) is 0 Å². The molecule has 24 heavy (non-hydrogen) atoms. The lowest BCUT2D eigenvalue weighted by Gasteiger charge is -2.37. The number of nitrogens with zero attached hydrogens (tertiary/aromatic N) is 1. The Bertz CT molecular complexity index is 849. The van der Waals surface area contributed by atoms with Crippen molar-refractivity contribution in [3.63, 3.8) is 0 Å². The van der Waals surface area contributed by atoms with Gasteiger partial charge in [0.1, 0.15) is 5.54 Å². The standard InChI is InChI=1S/C16H16N4O3S/c21-13-16(19-14(22)18-13)6-2-7-20(9-16)15(23)17-11-4-1-3-10-5-8-24-12(10)11/h1,3-5,8H,2,6-7,9H2,(H,17,23)(H2,18,19,21,22). The second-order valence-corrected chi connectivity index (χ2v) is 7.01. The van der Waals surface area contributed by atoms with Crippen LogP contribution in [0.1, 0.15) is 12.8 Å². The summed E-state index contributed by atoms with van der Waals surface area (Å²) in [6.45, 7) is 0.730. The molecular formula is C16H16N4O3S. The molecule has 124 valence electrons. The number of benzene rings is 1. The minimum Gasteiger partial charge on any atom is -0.322 e. The van der Waals surface area contributed by atoms with Crippen LogP contribution >= 0.6 is 11.3 Å². The van der Waals surface area contributed by atoms with Crippen LogP contribution in [0.2, 0.25) is 0 Å². The van der Waals surface area contributed by atoms with Crippen molar-refractivity contribution in [2.75, 3.05) is 18.4 Å². The number of anilines is 1. The third kappa shape index (κ3) is 2.39. The van der Waals surface area contributed by atoms with Gasteiger partial charge in [-0.1, -0.05) is 12.1 Å². The zero-order valence-electron chi connectivity index (χ0n) is 12.8. The Hall–Kier alpha value is -2.61. The van der Waals surface area contributed by atoms with E-state index in [1.165, 1.54) is 0 Å². The first kappa shape index (κ1) is 14.9. The number of amides is 5. The van der Waals surface area contributed by atoms with Gasteiger partial charge < -0.3 is 15.5 Å². The summed E-state index contributed by atoms with van der Waals surface area (Å²) in [6, 6.07) is 7.00. The summed E-state index contributed by atoms with van der Waals surface area (Å²) < 4.78 is 1.02. The topological polar surface area (TPSA) is 90.5 Å². The molecule has 0 aliphatic carbocycles. The van der Waals surface area contributed by atoms with Gasteiger partial charge >= 0.3 is 12.1 Å². The first-order chi connectivity index (χ1) is 11.6. The van der Waals surface area contributed by atoms with Crippen LogP contribution in [0.3, 0.4) is 0 Å². The highest BCUT2D eigenvalue weighted by molar-refractivity contribution is 7.17. The van der Waals surface area contributed by atoms with Crippen molar-refractivity contribution in [1.82, 2.24) is 15.5 Å². The Labute approximate surface area is 142 Å². The monoisotopic (exact) mass is 344 g/mol. The first-order valence-corrected chi connectivity index (χ1v) is 8.61. The van der Waals surface area contributed by atoms with E-state index in [0.29, 0.717) is 19.4 Å². The second-order valence-electron chi connectivity index (χ2n) is 6.09. The van der Waals surface area contributed by atoms with Crippen LogP contribution in [0, 0.1) is 0 Å². The maximum absolute atomic E-state index is 12.6. The number of thiophene rings is 1. The molecule has 0 saturated carbocycles. The van der Waals surface area contributed by atoms with E-state index in [-0.39, 0.29) is 18.5 Å². The minimum absolute atomic E-state index is 0.177. The number of piperidine rings is 1. The van der Waals surface area contributed by atoms with E-state index in [1.54, 1.807) is 16.2 Å². The van der Waals surface area contributed by atoms with Gasteiger partial charge in [-0.05, 0) is 35.7 Å². The van der Waals surface area contributed by atoms with Crippen molar-refractivity contribution in [3.8, 4) is 0 Å². The SMILES string of the molecule is O=C1NC(=O)C2(CCCN(C(=O)Nc3cccc4ccsc34)C2)N1. The smallest absolute Gasteiger partial charge is 0.322 e. The van der Waals surface area contributed by atoms with E-state index < -0.39 is 11.6 Å². The van der Waals surface area contributed by atoms with Crippen LogP contribution in [0.5, 0.6) is 0 Å². The third-order valence-corrected chi connectivity index (χ3v) is 5.48. The van der Waals surface area contributed by atoms with E-state index in [9.17, 15) is 14.4 Å². The van der Waals surface area contributed by atoms with Gasteiger partial charge in [-0.3, -0.25) is 10.1 Å². The largest absolute Gasteiger partial charge is 0.322 e. The molecule has 0 bridgehead atoms. The van der Waals surface area contributed by atoms with Gasteiger partial charge in [-0.25, -0.2) is 9.59 Å². The summed E-state index contributed by atoms with van der Waals surface area (Å²) in [7, 11) is 0. The number of imide groups is 1. The normalized spacial score (nSPS) is 23.4. The number of likely N-dealkylation sites (tertiary alicyclic amines) is 1. The Morgan fingerprint density at radius 3 is 2.96 bits per heavy atom. The minimum atomic E-state index is -0.998. The zero-order valence-corrected chi connectivity index (χ0v) is 13.6. The highest BCUT2D eigenvalue weighted by atomic mass is 32.1. The van der Waals surface area contributed by atoms with Gasteiger partial charge in [0.05, 0.1) is 16.9 Å². The molecule has 4 rings (SSSR count). The van der Waals surface area contributed by atoms with Crippen LogP contribution < -0.4 is 16.0 Å². The van der Waals surface area contributed by atoms with Crippen LogP contribution in [-0.2, 0) is 4.79 Å². The maximum atomic E-state index is 12.6. The lowest BCUT2D eigenvalue weighted by Crippen LogP contribution is -2.60. The summed E-state index contributed by atoms with van der Waals surface area (Å²) in [6.07, 6.45) is 1.19. The highest BCUT2D eigenvalue weighted by Crippen LogP contribution is 2.30. The lowest BCUT2D eigenvalue weighted by atomic mass is 9.89. The number of hydrogen-bond acceptors (Lipinski definition) is 4. The van der Waals surface area contributed by atoms with Gasteiger partial charge in [-0.15, -0.1) is 11.3 Å². The molecule has 2 aliphatic heterocycles. The molecule has 1 spiro atoms. The number of nitrogens with one attached hydrogen (secondary N) is 3. The molecule has 2 aromatic rings. The van der Waals surface area contributed by atoms with Crippen molar-refractivity contribution in [2.24, 2.45) is 0 Å². The molecule has 0 radical (unpaired) electrons. The summed E-state index contributed by atoms with van der Waals surface area (Å²) in [5, 5.41) is 10.9. The Morgan fingerprint density at radius 2 is 2.17 bits per heavy atom. The van der Waals surface area contributed by atoms with Crippen molar-refractivity contribution < 1.29 is 14.4 Å². The Balaban J connectivity index is 1.53. The quantitative estimate of drug-likeness (QED) is 0.692. The fourth-order valence-corrected chi connectivity index (χ4v) is 4.20. The number of fused-ring (bicyclic) bond motifs is 1. The predicted molar refractivity (Wildman–Crippen MR) is 91.1 cm³/mol. The number of carbonyl (C=O) groups is 3. The molecule has 1 atom stereocenters. The van der Waals surface area contributed by atoms with Gasteiger partial charge in [0.2, 0.25) is 0 Å². The summed E-state index contributed by atoms with van der Waals surface area (Å²) in [5.41, 5.74) is -0.242.